The van der Waals surface area contributed by atoms with E-state index in [1.165, 1.54) is 36.4 Å². The van der Waals surface area contributed by atoms with Crippen LogP contribution in [0.1, 0.15) is 42.0 Å². The van der Waals surface area contributed by atoms with Crippen LogP contribution >= 0.6 is 0 Å². The molecular formula is C25H20F4. The van der Waals surface area contributed by atoms with Crippen LogP contribution in [0.15, 0.2) is 48.5 Å². The average Bonchev–Trinajstić information content (AvgIpc) is 2.69. The third-order valence-electron chi connectivity index (χ3n) is 5.38. The molecule has 0 nitrogen and oxygen atoms in total. The molecule has 29 heavy (non-hydrogen) atoms. The molecular weight excluding hydrogens is 376 g/mol. The zero-order valence-corrected chi connectivity index (χ0v) is 16.0. The predicted molar refractivity (Wildman–Crippen MR) is 108 cm³/mol. The second-order valence-corrected chi connectivity index (χ2v) is 7.36. The largest absolute Gasteiger partial charge is 0.207 e. The number of fused-ring (bicyclic) bond motifs is 1. The first-order chi connectivity index (χ1) is 14.0. The van der Waals surface area contributed by atoms with Crippen molar-refractivity contribution < 1.29 is 17.6 Å². The standard InChI is InChI=1S/C25H20F4/c1-2-3-15-4-10-20(22(27)12-15)17-7-11-21-18(13-17)14-23(28)24(25(21)29)16-5-8-19(26)9-6-16/h4-6,8-10,12-14H,2-3,7,11H2,1H3. The summed E-state index contributed by atoms with van der Waals surface area (Å²) >= 11 is 0. The van der Waals surface area contributed by atoms with Gasteiger partial charge in [0.05, 0.1) is 5.56 Å². The molecule has 0 radical (unpaired) electrons. The highest BCUT2D eigenvalue weighted by atomic mass is 19.1. The Kier molecular flexibility index (Phi) is 5.27. The fourth-order valence-corrected chi connectivity index (χ4v) is 3.94. The lowest BCUT2D eigenvalue weighted by molar-refractivity contribution is 0.576. The maximum Gasteiger partial charge on any atom is 0.137 e. The minimum Gasteiger partial charge on any atom is -0.207 e. The molecule has 3 aromatic rings. The first-order valence-corrected chi connectivity index (χ1v) is 9.74. The molecule has 0 spiro atoms. The topological polar surface area (TPSA) is 0 Å². The second-order valence-electron chi connectivity index (χ2n) is 7.36. The zero-order chi connectivity index (χ0) is 20.5. The maximum atomic E-state index is 15.1. The summed E-state index contributed by atoms with van der Waals surface area (Å²) < 4.78 is 57.6. The van der Waals surface area contributed by atoms with Crippen molar-refractivity contribution in [2.24, 2.45) is 0 Å². The third kappa shape index (κ3) is 3.71. The van der Waals surface area contributed by atoms with Crippen LogP contribution in [0.4, 0.5) is 17.6 Å². The van der Waals surface area contributed by atoms with Crippen molar-refractivity contribution in [2.45, 2.75) is 32.6 Å². The van der Waals surface area contributed by atoms with E-state index in [2.05, 4.69) is 0 Å². The normalized spacial score (nSPS) is 13.2. The number of halogens is 4. The van der Waals surface area contributed by atoms with Crippen molar-refractivity contribution in [1.82, 2.24) is 0 Å². The molecule has 3 aromatic carbocycles. The molecule has 4 heteroatoms. The Morgan fingerprint density at radius 2 is 1.59 bits per heavy atom. The van der Waals surface area contributed by atoms with Crippen molar-refractivity contribution in [3.05, 3.63) is 94.1 Å². The van der Waals surface area contributed by atoms with Crippen LogP contribution in [0.2, 0.25) is 0 Å². The SMILES string of the molecule is CCCc1ccc(C2=Cc3cc(F)c(-c4ccc(F)cc4)c(F)c3CC2)c(F)c1. The van der Waals surface area contributed by atoms with Gasteiger partial charge in [0.15, 0.2) is 0 Å². The summed E-state index contributed by atoms with van der Waals surface area (Å²) in [5.41, 5.74) is 3.09. The summed E-state index contributed by atoms with van der Waals surface area (Å²) in [5, 5.41) is 0. The van der Waals surface area contributed by atoms with Crippen LogP contribution in [0.25, 0.3) is 22.8 Å². The van der Waals surface area contributed by atoms with Gasteiger partial charge in [0.25, 0.3) is 0 Å². The minimum absolute atomic E-state index is 0.157. The summed E-state index contributed by atoms with van der Waals surface area (Å²) in [6.45, 7) is 2.04. The van der Waals surface area contributed by atoms with Crippen molar-refractivity contribution in [1.29, 1.82) is 0 Å². The minimum atomic E-state index is -0.718. The van der Waals surface area contributed by atoms with E-state index in [9.17, 15) is 13.2 Å². The quantitative estimate of drug-likeness (QED) is 0.405. The Balaban J connectivity index is 1.75. The van der Waals surface area contributed by atoms with Crippen LogP contribution in [0.5, 0.6) is 0 Å². The summed E-state index contributed by atoms with van der Waals surface area (Å²) in [7, 11) is 0. The number of benzene rings is 3. The first-order valence-electron chi connectivity index (χ1n) is 9.74. The molecule has 0 amide bonds. The van der Waals surface area contributed by atoms with Gasteiger partial charge in [-0.15, -0.1) is 0 Å². The van der Waals surface area contributed by atoms with E-state index in [4.69, 9.17) is 0 Å². The van der Waals surface area contributed by atoms with Gasteiger partial charge in [0, 0.05) is 5.56 Å². The highest BCUT2D eigenvalue weighted by Crippen LogP contribution is 2.37. The maximum absolute atomic E-state index is 15.1. The lowest BCUT2D eigenvalue weighted by Crippen LogP contribution is -2.06. The molecule has 0 aliphatic heterocycles. The van der Waals surface area contributed by atoms with E-state index >= 15 is 4.39 Å². The second kappa shape index (κ2) is 7.86. The van der Waals surface area contributed by atoms with Crippen molar-refractivity contribution in [3.8, 4) is 11.1 Å². The predicted octanol–water partition coefficient (Wildman–Crippen LogP) is 7.35. The Bertz CT molecular complexity index is 1090. The average molecular weight is 396 g/mol. The van der Waals surface area contributed by atoms with Crippen LogP contribution in [0, 0.1) is 23.3 Å². The number of hydrogen-bond donors (Lipinski definition) is 0. The lowest BCUT2D eigenvalue weighted by Gasteiger charge is -2.20. The molecule has 0 heterocycles. The fraction of sp³-hybridized carbons (Fsp3) is 0.200. The summed E-state index contributed by atoms with van der Waals surface area (Å²) in [5.74, 6) is -2.13. The highest BCUT2D eigenvalue weighted by molar-refractivity contribution is 5.86. The van der Waals surface area contributed by atoms with Crippen molar-refractivity contribution in [2.75, 3.05) is 0 Å². The monoisotopic (exact) mass is 396 g/mol. The highest BCUT2D eigenvalue weighted by Gasteiger charge is 2.23. The van der Waals surface area contributed by atoms with Crippen LogP contribution in [-0.2, 0) is 12.8 Å². The van der Waals surface area contributed by atoms with Gasteiger partial charge in [-0.3, -0.25) is 0 Å². The van der Waals surface area contributed by atoms with Gasteiger partial charge in [0.2, 0.25) is 0 Å². The van der Waals surface area contributed by atoms with Gasteiger partial charge in [-0.25, -0.2) is 17.6 Å². The molecule has 0 N–H and O–H groups in total. The number of rotatable bonds is 4. The molecule has 0 saturated heterocycles. The van der Waals surface area contributed by atoms with Crippen molar-refractivity contribution in [3.63, 3.8) is 0 Å². The van der Waals surface area contributed by atoms with Crippen LogP contribution in [0.3, 0.4) is 0 Å². The number of aryl methyl sites for hydroxylation is 1. The molecule has 0 bridgehead atoms. The Morgan fingerprint density at radius 3 is 2.28 bits per heavy atom. The van der Waals surface area contributed by atoms with E-state index in [-0.39, 0.29) is 16.9 Å². The van der Waals surface area contributed by atoms with E-state index < -0.39 is 17.5 Å². The number of hydrogen-bond acceptors (Lipinski definition) is 0. The van der Waals surface area contributed by atoms with Gasteiger partial charge in [-0.05, 0) is 71.4 Å². The van der Waals surface area contributed by atoms with E-state index in [0.717, 1.165) is 24.0 Å². The van der Waals surface area contributed by atoms with Crippen LogP contribution < -0.4 is 0 Å². The first kappa shape index (κ1) is 19.4. The molecule has 0 atom stereocenters. The molecule has 0 aromatic heterocycles. The molecule has 4 rings (SSSR count). The van der Waals surface area contributed by atoms with Gasteiger partial charge in [-0.2, -0.15) is 0 Å². The third-order valence-corrected chi connectivity index (χ3v) is 5.38. The van der Waals surface area contributed by atoms with Gasteiger partial charge in [0.1, 0.15) is 23.3 Å². The Labute approximate surface area is 167 Å². The number of allylic oxidation sites excluding steroid dienone is 1. The van der Waals surface area contributed by atoms with E-state index in [0.29, 0.717) is 29.5 Å². The van der Waals surface area contributed by atoms with E-state index in [1.54, 1.807) is 12.1 Å². The Morgan fingerprint density at radius 1 is 0.828 bits per heavy atom. The van der Waals surface area contributed by atoms with Crippen LogP contribution in [-0.4, -0.2) is 0 Å². The van der Waals surface area contributed by atoms with Gasteiger partial charge in [-0.1, -0.05) is 43.7 Å². The summed E-state index contributed by atoms with van der Waals surface area (Å²) in [4.78, 5) is 0. The fourth-order valence-electron chi connectivity index (χ4n) is 3.94. The van der Waals surface area contributed by atoms with Gasteiger partial charge < -0.3 is 0 Å². The molecule has 1 aliphatic carbocycles. The lowest BCUT2D eigenvalue weighted by atomic mass is 9.85. The van der Waals surface area contributed by atoms with Crippen molar-refractivity contribution >= 4 is 11.6 Å². The molecule has 0 unspecified atom stereocenters. The molecule has 0 saturated carbocycles. The smallest absolute Gasteiger partial charge is 0.137 e. The summed E-state index contributed by atoms with van der Waals surface area (Å²) in [6.07, 6.45) is 4.21. The molecule has 148 valence electrons. The summed E-state index contributed by atoms with van der Waals surface area (Å²) in [6, 6.07) is 11.5. The molecule has 1 aliphatic rings. The Hall–Kier alpha value is -2.88. The van der Waals surface area contributed by atoms with E-state index in [1.807, 2.05) is 13.0 Å². The van der Waals surface area contributed by atoms with Gasteiger partial charge >= 0.3 is 0 Å². The molecule has 0 fully saturated rings. The zero-order valence-electron chi connectivity index (χ0n) is 16.0.